The standard InChI is InChI=1S/C20H22N4O/c1-13-8-14(2)10-17(9-13)23-20-21-15(3)11-19(24-20)22-16-6-5-7-18(12-16)25-4/h5-12H,1-4H3,(H2,21,22,23,24). The SMILES string of the molecule is COc1cccc(Nc2cc(C)nc(Nc3cc(C)cc(C)c3)n2)c1. The zero-order chi connectivity index (χ0) is 17.8. The molecule has 0 aliphatic carbocycles. The highest BCUT2D eigenvalue weighted by Crippen LogP contribution is 2.23. The highest BCUT2D eigenvalue weighted by molar-refractivity contribution is 5.62. The van der Waals surface area contributed by atoms with Gasteiger partial charge in [0, 0.05) is 29.2 Å². The van der Waals surface area contributed by atoms with Crippen LogP contribution in [0.5, 0.6) is 5.75 Å². The van der Waals surface area contributed by atoms with E-state index in [1.807, 2.05) is 37.3 Å². The number of anilines is 4. The molecule has 0 saturated carbocycles. The first-order valence-electron chi connectivity index (χ1n) is 8.14. The van der Waals surface area contributed by atoms with Crippen LogP contribution >= 0.6 is 0 Å². The van der Waals surface area contributed by atoms with E-state index in [4.69, 9.17) is 4.74 Å². The van der Waals surface area contributed by atoms with Crippen LogP contribution in [0.15, 0.2) is 48.5 Å². The molecule has 5 heteroatoms. The average molecular weight is 334 g/mol. The van der Waals surface area contributed by atoms with Crippen molar-refractivity contribution in [3.63, 3.8) is 0 Å². The quantitative estimate of drug-likeness (QED) is 0.695. The Balaban J connectivity index is 1.84. The van der Waals surface area contributed by atoms with Crippen molar-refractivity contribution in [1.82, 2.24) is 9.97 Å². The lowest BCUT2D eigenvalue weighted by Crippen LogP contribution is -2.02. The summed E-state index contributed by atoms with van der Waals surface area (Å²) in [5, 5.41) is 6.59. The highest BCUT2D eigenvalue weighted by Gasteiger charge is 2.05. The maximum Gasteiger partial charge on any atom is 0.229 e. The van der Waals surface area contributed by atoms with Crippen molar-refractivity contribution >= 4 is 23.1 Å². The van der Waals surface area contributed by atoms with Gasteiger partial charge in [-0.1, -0.05) is 12.1 Å². The molecule has 1 heterocycles. The van der Waals surface area contributed by atoms with Crippen molar-refractivity contribution in [1.29, 1.82) is 0 Å². The minimum absolute atomic E-state index is 0.565. The topological polar surface area (TPSA) is 59.1 Å². The number of hydrogen-bond donors (Lipinski definition) is 2. The summed E-state index contributed by atoms with van der Waals surface area (Å²) in [4.78, 5) is 9.04. The molecule has 0 atom stereocenters. The zero-order valence-electron chi connectivity index (χ0n) is 14.9. The second-order valence-corrected chi connectivity index (χ2v) is 6.08. The van der Waals surface area contributed by atoms with Crippen LogP contribution in [-0.4, -0.2) is 17.1 Å². The maximum absolute atomic E-state index is 5.26. The third-order valence-corrected chi connectivity index (χ3v) is 3.67. The first-order chi connectivity index (χ1) is 12.0. The average Bonchev–Trinajstić information content (AvgIpc) is 2.53. The van der Waals surface area contributed by atoms with Gasteiger partial charge in [0.2, 0.25) is 5.95 Å². The van der Waals surface area contributed by atoms with Crippen molar-refractivity contribution in [2.24, 2.45) is 0 Å². The molecule has 1 aromatic heterocycles. The summed E-state index contributed by atoms with van der Waals surface area (Å²) in [6.07, 6.45) is 0. The third-order valence-electron chi connectivity index (χ3n) is 3.67. The number of nitrogens with zero attached hydrogens (tertiary/aromatic N) is 2. The molecule has 0 aliphatic rings. The summed E-state index contributed by atoms with van der Waals surface area (Å²) in [6.45, 7) is 6.10. The van der Waals surface area contributed by atoms with E-state index >= 15 is 0 Å². The largest absolute Gasteiger partial charge is 0.497 e. The van der Waals surface area contributed by atoms with Gasteiger partial charge in [-0.25, -0.2) is 4.98 Å². The number of aryl methyl sites for hydroxylation is 3. The second kappa shape index (κ2) is 7.21. The molecule has 0 saturated heterocycles. The van der Waals surface area contributed by atoms with Crippen LogP contribution in [0, 0.1) is 20.8 Å². The molecule has 0 amide bonds. The monoisotopic (exact) mass is 334 g/mol. The van der Waals surface area contributed by atoms with Gasteiger partial charge in [-0.2, -0.15) is 4.98 Å². The molecule has 5 nitrogen and oxygen atoms in total. The van der Waals surface area contributed by atoms with Crippen LogP contribution < -0.4 is 15.4 Å². The van der Waals surface area contributed by atoms with Crippen LogP contribution in [0.2, 0.25) is 0 Å². The van der Waals surface area contributed by atoms with Crippen molar-refractivity contribution in [2.75, 3.05) is 17.7 Å². The van der Waals surface area contributed by atoms with E-state index in [-0.39, 0.29) is 0 Å². The Morgan fingerprint density at radius 2 is 1.56 bits per heavy atom. The minimum atomic E-state index is 0.565. The van der Waals surface area contributed by atoms with Crippen LogP contribution in [0.25, 0.3) is 0 Å². The molecule has 25 heavy (non-hydrogen) atoms. The van der Waals surface area contributed by atoms with Gasteiger partial charge in [0.1, 0.15) is 11.6 Å². The van der Waals surface area contributed by atoms with Gasteiger partial charge in [-0.15, -0.1) is 0 Å². The first-order valence-corrected chi connectivity index (χ1v) is 8.14. The Morgan fingerprint density at radius 3 is 2.28 bits per heavy atom. The highest BCUT2D eigenvalue weighted by atomic mass is 16.5. The molecule has 0 fully saturated rings. The number of ether oxygens (including phenoxy) is 1. The van der Waals surface area contributed by atoms with E-state index in [0.717, 1.165) is 28.6 Å². The molecule has 0 spiro atoms. The van der Waals surface area contributed by atoms with E-state index in [9.17, 15) is 0 Å². The first kappa shape index (κ1) is 16.8. The second-order valence-electron chi connectivity index (χ2n) is 6.08. The number of methoxy groups -OCH3 is 1. The lowest BCUT2D eigenvalue weighted by molar-refractivity contribution is 0.415. The van der Waals surface area contributed by atoms with Gasteiger partial charge < -0.3 is 15.4 Å². The fraction of sp³-hybridized carbons (Fsp3) is 0.200. The number of nitrogens with one attached hydrogen (secondary N) is 2. The summed E-state index contributed by atoms with van der Waals surface area (Å²) in [5.41, 5.74) is 5.17. The smallest absolute Gasteiger partial charge is 0.229 e. The Hall–Kier alpha value is -3.08. The third kappa shape index (κ3) is 4.47. The molecule has 0 aliphatic heterocycles. The molecule has 2 aromatic carbocycles. The van der Waals surface area contributed by atoms with Crippen molar-refractivity contribution < 1.29 is 4.74 Å². The van der Waals surface area contributed by atoms with E-state index in [2.05, 4.69) is 52.6 Å². The van der Waals surface area contributed by atoms with Crippen LogP contribution in [0.3, 0.4) is 0 Å². The van der Waals surface area contributed by atoms with Crippen molar-refractivity contribution in [3.05, 3.63) is 65.4 Å². The summed E-state index contributed by atoms with van der Waals surface area (Å²) < 4.78 is 5.26. The molecule has 3 aromatic rings. The van der Waals surface area contributed by atoms with Gasteiger partial charge in [0.25, 0.3) is 0 Å². The van der Waals surface area contributed by atoms with Gasteiger partial charge >= 0.3 is 0 Å². The summed E-state index contributed by atoms with van der Waals surface area (Å²) in [5.74, 6) is 2.09. The summed E-state index contributed by atoms with van der Waals surface area (Å²) in [7, 11) is 1.65. The molecular weight excluding hydrogens is 312 g/mol. The minimum Gasteiger partial charge on any atom is -0.497 e. The Kier molecular flexibility index (Phi) is 4.84. The van der Waals surface area contributed by atoms with Crippen molar-refractivity contribution in [3.8, 4) is 5.75 Å². The molecule has 0 radical (unpaired) electrons. The predicted octanol–water partition coefficient (Wildman–Crippen LogP) is 4.90. The summed E-state index contributed by atoms with van der Waals surface area (Å²) >= 11 is 0. The van der Waals surface area contributed by atoms with Crippen molar-refractivity contribution in [2.45, 2.75) is 20.8 Å². The Labute approximate surface area is 148 Å². The summed E-state index contributed by atoms with van der Waals surface area (Å²) in [6, 6.07) is 15.9. The molecule has 128 valence electrons. The lowest BCUT2D eigenvalue weighted by atomic mass is 10.1. The van der Waals surface area contributed by atoms with E-state index in [1.54, 1.807) is 7.11 Å². The van der Waals surface area contributed by atoms with Gasteiger partial charge in [-0.05, 0) is 56.2 Å². The van der Waals surface area contributed by atoms with E-state index in [0.29, 0.717) is 5.95 Å². The van der Waals surface area contributed by atoms with Crippen LogP contribution in [0.4, 0.5) is 23.1 Å². The van der Waals surface area contributed by atoms with Gasteiger partial charge in [-0.3, -0.25) is 0 Å². The van der Waals surface area contributed by atoms with Crippen LogP contribution in [-0.2, 0) is 0 Å². The Bertz CT molecular complexity index is 872. The van der Waals surface area contributed by atoms with Crippen LogP contribution in [0.1, 0.15) is 16.8 Å². The zero-order valence-corrected chi connectivity index (χ0v) is 14.9. The maximum atomic E-state index is 5.26. The number of hydrogen-bond acceptors (Lipinski definition) is 5. The molecule has 0 bridgehead atoms. The van der Waals surface area contributed by atoms with E-state index < -0.39 is 0 Å². The fourth-order valence-electron chi connectivity index (χ4n) is 2.71. The van der Waals surface area contributed by atoms with E-state index in [1.165, 1.54) is 11.1 Å². The molecule has 0 unspecified atom stereocenters. The number of benzene rings is 2. The molecule has 2 N–H and O–H groups in total. The number of rotatable bonds is 5. The molecular formula is C20H22N4O. The number of aromatic nitrogens is 2. The van der Waals surface area contributed by atoms with Gasteiger partial charge in [0.15, 0.2) is 0 Å². The lowest BCUT2D eigenvalue weighted by Gasteiger charge is -2.11. The fourth-order valence-corrected chi connectivity index (χ4v) is 2.71. The Morgan fingerprint density at radius 1 is 0.800 bits per heavy atom. The normalized spacial score (nSPS) is 10.4. The predicted molar refractivity (Wildman–Crippen MR) is 102 cm³/mol. The molecule has 3 rings (SSSR count). The van der Waals surface area contributed by atoms with Gasteiger partial charge in [0.05, 0.1) is 7.11 Å².